The molecule has 0 saturated carbocycles. The predicted molar refractivity (Wildman–Crippen MR) is 107 cm³/mol. The van der Waals surface area contributed by atoms with E-state index >= 15 is 4.39 Å². The van der Waals surface area contributed by atoms with Gasteiger partial charge < -0.3 is 15.2 Å². The molecule has 2 aliphatic rings. The summed E-state index contributed by atoms with van der Waals surface area (Å²) in [5.74, 6) is -2.03. The maximum atomic E-state index is 15.3. The molecule has 8 nitrogen and oxygen atoms in total. The van der Waals surface area contributed by atoms with Gasteiger partial charge in [0.25, 0.3) is 5.91 Å². The number of nitrogens with zero attached hydrogens (tertiary/aromatic N) is 1. The summed E-state index contributed by atoms with van der Waals surface area (Å²) in [5.41, 5.74) is 0.607. The summed E-state index contributed by atoms with van der Waals surface area (Å²) in [5, 5.41) is 13.7. The Morgan fingerprint density at radius 3 is 2.79 bits per heavy atom. The van der Waals surface area contributed by atoms with Crippen molar-refractivity contribution in [2.24, 2.45) is 5.41 Å². The number of carbonyl (C=O) groups is 1. The molecule has 1 heterocycles. The van der Waals surface area contributed by atoms with Crippen LogP contribution >= 0.6 is 0 Å². The van der Waals surface area contributed by atoms with Crippen molar-refractivity contribution in [3.63, 3.8) is 0 Å². The molecule has 1 saturated heterocycles. The number of carbonyl (C=O) groups excluding carboxylic acids is 1. The van der Waals surface area contributed by atoms with Crippen molar-refractivity contribution in [3.05, 3.63) is 23.0 Å². The topological polar surface area (TPSA) is 108 Å². The minimum Gasteiger partial charge on any atom is -0.506 e. The Morgan fingerprint density at radius 1 is 1.45 bits per heavy atom. The highest BCUT2D eigenvalue weighted by atomic mass is 32.2. The van der Waals surface area contributed by atoms with E-state index in [0.29, 0.717) is 34.9 Å². The molecule has 1 aromatic rings. The van der Waals surface area contributed by atoms with E-state index in [9.17, 15) is 18.3 Å². The van der Waals surface area contributed by atoms with Crippen LogP contribution < -0.4 is 14.3 Å². The van der Waals surface area contributed by atoms with Gasteiger partial charge >= 0.3 is 10.2 Å². The second kappa shape index (κ2) is 8.08. The van der Waals surface area contributed by atoms with Gasteiger partial charge in [-0.1, -0.05) is 13.8 Å². The molecule has 0 bridgehead atoms. The SMILES string of the molecule is COCC(C)(C)CCNC1CCc2cc(O)c(N3CC(=O)NS3(=O)=O)c(F)c2C1. The molecule has 3 N–H and O–H groups in total. The molecule has 29 heavy (non-hydrogen) atoms. The van der Waals surface area contributed by atoms with Gasteiger partial charge in [-0.3, -0.25) is 4.79 Å². The fourth-order valence-electron chi connectivity index (χ4n) is 3.97. The third-order valence-corrected chi connectivity index (χ3v) is 6.84. The van der Waals surface area contributed by atoms with Gasteiger partial charge in [-0.05, 0) is 54.8 Å². The van der Waals surface area contributed by atoms with Crippen LogP contribution in [0.2, 0.25) is 0 Å². The van der Waals surface area contributed by atoms with Crippen LogP contribution in [-0.2, 0) is 32.6 Å². The van der Waals surface area contributed by atoms with Gasteiger partial charge in [-0.15, -0.1) is 0 Å². The number of nitrogens with one attached hydrogen (secondary N) is 2. The number of halogens is 1. The highest BCUT2D eigenvalue weighted by molar-refractivity contribution is 7.92. The van der Waals surface area contributed by atoms with Crippen LogP contribution in [0.15, 0.2) is 6.07 Å². The fraction of sp³-hybridized carbons (Fsp3) is 0.632. The second-order valence-electron chi connectivity index (χ2n) is 8.47. The van der Waals surface area contributed by atoms with E-state index in [0.717, 1.165) is 19.4 Å². The molecule has 162 valence electrons. The summed E-state index contributed by atoms with van der Waals surface area (Å²) in [7, 11) is -2.53. The molecular weight excluding hydrogens is 401 g/mol. The van der Waals surface area contributed by atoms with Crippen molar-refractivity contribution in [2.75, 3.05) is 31.1 Å². The Kier molecular flexibility index (Phi) is 6.07. The number of fused-ring (bicyclic) bond motifs is 1. The van der Waals surface area contributed by atoms with E-state index in [1.165, 1.54) is 6.07 Å². The van der Waals surface area contributed by atoms with Crippen molar-refractivity contribution in [3.8, 4) is 5.75 Å². The Hall–Kier alpha value is -1.91. The average molecular weight is 430 g/mol. The second-order valence-corrected chi connectivity index (χ2v) is 10.1. The molecule has 0 radical (unpaired) electrons. The van der Waals surface area contributed by atoms with Gasteiger partial charge in [0.15, 0.2) is 5.82 Å². The Morgan fingerprint density at radius 2 is 2.17 bits per heavy atom. The number of aromatic hydroxyl groups is 1. The quantitative estimate of drug-likeness (QED) is 0.602. The summed E-state index contributed by atoms with van der Waals surface area (Å²) in [6, 6.07) is 1.45. The van der Waals surface area contributed by atoms with Crippen LogP contribution in [0.3, 0.4) is 0 Å². The number of amides is 1. The molecule has 0 aromatic heterocycles. The van der Waals surface area contributed by atoms with Gasteiger partial charge in [0, 0.05) is 13.2 Å². The van der Waals surface area contributed by atoms with Gasteiger partial charge in [0.2, 0.25) is 0 Å². The third kappa shape index (κ3) is 4.65. The van der Waals surface area contributed by atoms with Crippen molar-refractivity contribution >= 4 is 21.8 Å². The van der Waals surface area contributed by atoms with E-state index in [1.807, 2.05) is 0 Å². The molecule has 10 heteroatoms. The summed E-state index contributed by atoms with van der Waals surface area (Å²) in [6.45, 7) is 5.09. The molecule has 1 aromatic carbocycles. The lowest BCUT2D eigenvalue weighted by Crippen LogP contribution is -2.38. The van der Waals surface area contributed by atoms with Crippen molar-refractivity contribution < 1.29 is 27.4 Å². The van der Waals surface area contributed by atoms with E-state index < -0.39 is 39.9 Å². The molecule has 1 atom stereocenters. The molecule has 0 spiro atoms. The molecule has 1 amide bonds. The van der Waals surface area contributed by atoms with Crippen molar-refractivity contribution in [2.45, 2.75) is 45.6 Å². The predicted octanol–water partition coefficient (Wildman–Crippen LogP) is 1.22. The lowest BCUT2D eigenvalue weighted by Gasteiger charge is -2.30. The normalized spacial score (nSPS) is 21.2. The van der Waals surface area contributed by atoms with E-state index in [4.69, 9.17) is 4.74 Å². The number of aryl methyl sites for hydroxylation is 1. The average Bonchev–Trinajstić information content (AvgIpc) is 2.87. The Balaban J connectivity index is 1.77. The first kappa shape index (κ1) is 21.8. The van der Waals surface area contributed by atoms with Crippen LogP contribution in [0.5, 0.6) is 5.75 Å². The first-order chi connectivity index (χ1) is 13.5. The minimum absolute atomic E-state index is 0.0299. The summed E-state index contributed by atoms with van der Waals surface area (Å²) in [6.07, 6.45) is 2.64. The lowest BCUT2D eigenvalue weighted by atomic mass is 9.86. The number of benzene rings is 1. The molecule has 1 aliphatic heterocycles. The molecule has 1 unspecified atom stereocenters. The van der Waals surface area contributed by atoms with Gasteiger partial charge in [0.1, 0.15) is 18.0 Å². The van der Waals surface area contributed by atoms with E-state index in [-0.39, 0.29) is 11.5 Å². The fourth-order valence-corrected chi connectivity index (χ4v) is 5.14. The van der Waals surface area contributed by atoms with Crippen LogP contribution in [0.1, 0.15) is 37.8 Å². The molecule has 1 aliphatic carbocycles. The van der Waals surface area contributed by atoms with Crippen LogP contribution in [0, 0.1) is 11.2 Å². The van der Waals surface area contributed by atoms with E-state index in [1.54, 1.807) is 11.8 Å². The van der Waals surface area contributed by atoms with Crippen molar-refractivity contribution in [1.82, 2.24) is 10.0 Å². The van der Waals surface area contributed by atoms with Gasteiger partial charge in [0.05, 0.1) is 6.61 Å². The lowest BCUT2D eigenvalue weighted by molar-refractivity contribution is -0.117. The molecular formula is C19H28FN3O5S. The number of hydrogen-bond acceptors (Lipinski definition) is 6. The number of ether oxygens (including phenoxy) is 1. The highest BCUT2D eigenvalue weighted by Crippen LogP contribution is 2.39. The number of rotatable bonds is 7. The monoisotopic (exact) mass is 429 g/mol. The number of hydrogen-bond donors (Lipinski definition) is 3. The maximum absolute atomic E-state index is 15.3. The number of phenolic OH excluding ortho intramolecular Hbond substituents is 1. The van der Waals surface area contributed by atoms with Crippen LogP contribution in [0.4, 0.5) is 10.1 Å². The number of methoxy groups -OCH3 is 1. The van der Waals surface area contributed by atoms with Gasteiger partial charge in [-0.2, -0.15) is 8.42 Å². The summed E-state index contributed by atoms with van der Waals surface area (Å²) >= 11 is 0. The Labute approximate surface area is 170 Å². The largest absolute Gasteiger partial charge is 0.506 e. The minimum atomic E-state index is -4.20. The first-order valence-corrected chi connectivity index (χ1v) is 11.1. The van der Waals surface area contributed by atoms with E-state index in [2.05, 4.69) is 19.2 Å². The highest BCUT2D eigenvalue weighted by Gasteiger charge is 2.39. The molecule has 3 rings (SSSR count). The van der Waals surface area contributed by atoms with Crippen LogP contribution in [0.25, 0.3) is 0 Å². The zero-order valence-corrected chi connectivity index (χ0v) is 17.7. The van der Waals surface area contributed by atoms with Gasteiger partial charge in [-0.25, -0.2) is 13.4 Å². The summed E-state index contributed by atoms with van der Waals surface area (Å²) < 4.78 is 47.1. The molecule has 1 fully saturated rings. The third-order valence-electron chi connectivity index (χ3n) is 5.47. The van der Waals surface area contributed by atoms with Crippen LogP contribution in [-0.4, -0.2) is 52.3 Å². The zero-order chi connectivity index (χ0) is 21.4. The smallest absolute Gasteiger partial charge is 0.326 e. The number of phenols is 1. The number of anilines is 1. The Bertz CT molecular complexity index is 904. The maximum Gasteiger partial charge on any atom is 0.326 e. The standard InChI is InChI=1S/C19H28FN3O5S/c1-19(2,11-28-3)6-7-21-13-5-4-12-8-15(24)18(17(20)14(12)9-13)23-10-16(25)22-29(23,26)27/h8,13,21,24H,4-7,9-11H2,1-3H3,(H,22,25). The first-order valence-electron chi connectivity index (χ1n) is 9.63. The summed E-state index contributed by atoms with van der Waals surface area (Å²) in [4.78, 5) is 11.5. The zero-order valence-electron chi connectivity index (χ0n) is 16.9. The van der Waals surface area contributed by atoms with Crippen molar-refractivity contribution in [1.29, 1.82) is 0 Å².